The van der Waals surface area contributed by atoms with Crippen LogP contribution in [0.1, 0.15) is 37.9 Å². The Labute approximate surface area is 135 Å². The van der Waals surface area contributed by atoms with Crippen molar-refractivity contribution in [2.45, 2.75) is 40.2 Å². The lowest BCUT2D eigenvalue weighted by atomic mass is 10.2. The van der Waals surface area contributed by atoms with E-state index in [2.05, 4.69) is 24.3 Å². The van der Waals surface area contributed by atoms with Crippen molar-refractivity contribution >= 4 is 29.6 Å². The Balaban J connectivity index is 2.60. The van der Waals surface area contributed by atoms with Crippen LogP contribution in [0.2, 0.25) is 5.15 Å². The zero-order chi connectivity index (χ0) is 16.7. The van der Waals surface area contributed by atoms with Gasteiger partial charge in [-0.05, 0) is 25.3 Å². The quantitative estimate of drug-likeness (QED) is 0.567. The predicted molar refractivity (Wildman–Crippen MR) is 85.7 cm³/mol. The standard InChI is InChI=1S/C15H22ClN3O3/c1-10(2)9-19-15(16)12(11(3)18-19)6-7-13(20)17-8-4-5-14(21)22/h6-7,10H,4-5,8-9H2,1-3H3,(H,17,20)(H,21,22). The third kappa shape index (κ3) is 5.89. The second kappa shape index (κ2) is 8.58. The summed E-state index contributed by atoms with van der Waals surface area (Å²) in [6.07, 6.45) is 3.46. The van der Waals surface area contributed by atoms with Crippen LogP contribution in [0.3, 0.4) is 0 Å². The lowest BCUT2D eigenvalue weighted by molar-refractivity contribution is -0.137. The molecule has 1 rings (SSSR count). The van der Waals surface area contributed by atoms with Gasteiger partial charge in [0.25, 0.3) is 0 Å². The summed E-state index contributed by atoms with van der Waals surface area (Å²) in [7, 11) is 0. The lowest BCUT2D eigenvalue weighted by Gasteiger charge is -2.05. The molecule has 1 heterocycles. The van der Waals surface area contributed by atoms with Crippen LogP contribution >= 0.6 is 11.6 Å². The van der Waals surface area contributed by atoms with Crippen LogP contribution in [-0.2, 0) is 16.1 Å². The van der Waals surface area contributed by atoms with E-state index in [1.165, 1.54) is 6.08 Å². The average Bonchev–Trinajstić information content (AvgIpc) is 2.66. The molecule has 0 aliphatic carbocycles. The Morgan fingerprint density at radius 3 is 2.73 bits per heavy atom. The van der Waals surface area contributed by atoms with Gasteiger partial charge in [0.15, 0.2) is 0 Å². The molecule has 2 N–H and O–H groups in total. The maximum absolute atomic E-state index is 11.7. The molecule has 1 aromatic rings. The van der Waals surface area contributed by atoms with Crippen molar-refractivity contribution in [3.63, 3.8) is 0 Å². The zero-order valence-corrected chi connectivity index (χ0v) is 13.9. The zero-order valence-electron chi connectivity index (χ0n) is 13.1. The summed E-state index contributed by atoms with van der Waals surface area (Å²) in [5.41, 5.74) is 1.49. The molecular weight excluding hydrogens is 306 g/mol. The second-order valence-corrected chi connectivity index (χ2v) is 5.85. The van der Waals surface area contributed by atoms with E-state index in [-0.39, 0.29) is 12.3 Å². The number of aromatic nitrogens is 2. The molecule has 0 atom stereocenters. The number of aryl methyl sites for hydroxylation is 1. The van der Waals surface area contributed by atoms with Crippen molar-refractivity contribution in [1.82, 2.24) is 15.1 Å². The molecule has 6 nitrogen and oxygen atoms in total. The van der Waals surface area contributed by atoms with E-state index < -0.39 is 5.97 Å². The van der Waals surface area contributed by atoms with Gasteiger partial charge in [0.05, 0.1) is 5.69 Å². The summed E-state index contributed by atoms with van der Waals surface area (Å²) in [5, 5.41) is 16.0. The van der Waals surface area contributed by atoms with E-state index in [0.29, 0.717) is 24.0 Å². The van der Waals surface area contributed by atoms with Gasteiger partial charge in [-0.25, -0.2) is 0 Å². The Hall–Kier alpha value is -1.82. The molecule has 22 heavy (non-hydrogen) atoms. The van der Waals surface area contributed by atoms with E-state index in [9.17, 15) is 9.59 Å². The van der Waals surface area contributed by atoms with Gasteiger partial charge in [0, 0.05) is 31.1 Å². The van der Waals surface area contributed by atoms with E-state index in [1.54, 1.807) is 10.8 Å². The maximum Gasteiger partial charge on any atom is 0.303 e. The van der Waals surface area contributed by atoms with Crippen molar-refractivity contribution in [1.29, 1.82) is 0 Å². The van der Waals surface area contributed by atoms with Gasteiger partial charge in [0.2, 0.25) is 5.91 Å². The van der Waals surface area contributed by atoms with Gasteiger partial charge in [-0.1, -0.05) is 25.4 Å². The Kier molecular flexibility index (Phi) is 7.11. The topological polar surface area (TPSA) is 84.2 Å². The second-order valence-electron chi connectivity index (χ2n) is 5.49. The van der Waals surface area contributed by atoms with E-state index in [1.807, 2.05) is 6.92 Å². The van der Waals surface area contributed by atoms with E-state index >= 15 is 0 Å². The van der Waals surface area contributed by atoms with Crippen molar-refractivity contribution < 1.29 is 14.7 Å². The number of hydrogen-bond acceptors (Lipinski definition) is 3. The molecule has 0 bridgehead atoms. The number of aliphatic carboxylic acids is 1. The predicted octanol–water partition coefficient (Wildman–Crippen LogP) is 2.50. The van der Waals surface area contributed by atoms with Crippen LogP contribution in [0.4, 0.5) is 0 Å². The number of carboxylic acids is 1. The van der Waals surface area contributed by atoms with Crippen molar-refractivity contribution in [2.75, 3.05) is 6.54 Å². The molecule has 1 aromatic heterocycles. The summed E-state index contributed by atoms with van der Waals surface area (Å²) >= 11 is 6.27. The SMILES string of the molecule is Cc1nn(CC(C)C)c(Cl)c1C=CC(=O)NCCCC(=O)O. The van der Waals surface area contributed by atoms with Crippen molar-refractivity contribution in [3.8, 4) is 0 Å². The molecule has 0 saturated carbocycles. The summed E-state index contributed by atoms with van der Waals surface area (Å²) in [6, 6.07) is 0. The average molecular weight is 328 g/mol. The molecule has 122 valence electrons. The van der Waals surface area contributed by atoms with Crippen LogP contribution in [0.5, 0.6) is 0 Å². The summed E-state index contributed by atoms with van der Waals surface area (Å²) in [5.74, 6) is -0.728. The number of carbonyl (C=O) groups excluding carboxylic acids is 1. The maximum atomic E-state index is 11.7. The van der Waals surface area contributed by atoms with Gasteiger partial charge in [0.1, 0.15) is 5.15 Å². The number of hydrogen-bond donors (Lipinski definition) is 2. The number of nitrogens with one attached hydrogen (secondary N) is 1. The molecule has 7 heteroatoms. The number of rotatable bonds is 8. The monoisotopic (exact) mass is 327 g/mol. The fourth-order valence-corrected chi connectivity index (χ4v) is 2.20. The number of nitrogens with zero attached hydrogens (tertiary/aromatic N) is 2. The van der Waals surface area contributed by atoms with Crippen LogP contribution < -0.4 is 5.32 Å². The Bertz CT molecular complexity index is 565. The van der Waals surface area contributed by atoms with Crippen LogP contribution in [0.25, 0.3) is 6.08 Å². The highest BCUT2D eigenvalue weighted by Crippen LogP contribution is 2.22. The highest BCUT2D eigenvalue weighted by atomic mass is 35.5. The smallest absolute Gasteiger partial charge is 0.303 e. The highest BCUT2D eigenvalue weighted by molar-refractivity contribution is 6.31. The summed E-state index contributed by atoms with van der Waals surface area (Å²) < 4.78 is 1.73. The molecule has 0 saturated heterocycles. The van der Waals surface area contributed by atoms with Gasteiger partial charge >= 0.3 is 5.97 Å². The molecule has 1 amide bonds. The van der Waals surface area contributed by atoms with E-state index in [0.717, 1.165) is 17.8 Å². The minimum Gasteiger partial charge on any atom is -0.481 e. The molecule has 0 aromatic carbocycles. The van der Waals surface area contributed by atoms with Gasteiger partial charge in [-0.2, -0.15) is 5.10 Å². The van der Waals surface area contributed by atoms with E-state index in [4.69, 9.17) is 16.7 Å². The lowest BCUT2D eigenvalue weighted by Crippen LogP contribution is -2.22. The van der Waals surface area contributed by atoms with Gasteiger partial charge < -0.3 is 10.4 Å². The third-order valence-electron chi connectivity index (χ3n) is 2.92. The molecule has 0 aliphatic rings. The Morgan fingerprint density at radius 1 is 1.45 bits per heavy atom. The normalized spacial score (nSPS) is 11.3. The minimum atomic E-state index is -0.871. The summed E-state index contributed by atoms with van der Waals surface area (Å²) in [6.45, 7) is 7.04. The Morgan fingerprint density at radius 2 is 2.14 bits per heavy atom. The fraction of sp³-hybridized carbons (Fsp3) is 0.533. The first-order chi connectivity index (χ1) is 10.3. The van der Waals surface area contributed by atoms with Crippen molar-refractivity contribution in [2.24, 2.45) is 5.92 Å². The number of amides is 1. The number of halogens is 1. The molecule has 0 aliphatic heterocycles. The van der Waals surface area contributed by atoms with Crippen molar-refractivity contribution in [3.05, 3.63) is 22.5 Å². The number of carbonyl (C=O) groups is 2. The largest absolute Gasteiger partial charge is 0.481 e. The molecule has 0 spiro atoms. The van der Waals surface area contributed by atoms with Crippen LogP contribution in [0, 0.1) is 12.8 Å². The summed E-state index contributed by atoms with van der Waals surface area (Å²) in [4.78, 5) is 22.0. The molecule has 0 unspecified atom stereocenters. The van der Waals surface area contributed by atoms with Gasteiger partial charge in [-0.3, -0.25) is 14.3 Å². The first-order valence-electron chi connectivity index (χ1n) is 7.22. The molecule has 0 fully saturated rings. The first-order valence-corrected chi connectivity index (χ1v) is 7.59. The molecule has 0 radical (unpaired) electrons. The minimum absolute atomic E-state index is 0.0386. The molecular formula is C15H22ClN3O3. The fourth-order valence-electron chi connectivity index (χ4n) is 1.89. The van der Waals surface area contributed by atoms with Gasteiger partial charge in [-0.15, -0.1) is 0 Å². The van der Waals surface area contributed by atoms with Crippen LogP contribution in [-0.4, -0.2) is 33.3 Å². The third-order valence-corrected chi connectivity index (χ3v) is 3.31. The number of carboxylic acid groups (broad SMARTS) is 1. The first kappa shape index (κ1) is 18.2. The van der Waals surface area contributed by atoms with Crippen LogP contribution in [0.15, 0.2) is 6.08 Å². The highest BCUT2D eigenvalue weighted by Gasteiger charge is 2.12.